The lowest BCUT2D eigenvalue weighted by molar-refractivity contribution is -0.148. The van der Waals surface area contributed by atoms with E-state index in [9.17, 15) is 27.2 Å². The van der Waals surface area contributed by atoms with E-state index in [2.05, 4.69) is 4.74 Å². The quantitative estimate of drug-likeness (QED) is 0.811. The standard InChI is InChI=1S/C12H11F4NO4/c1-21-8(11(19)20)5-17-10(18)6-3-2-4-7(9(6)13)12(14,15)16/h2-4,8H,5H2,1H3,(H,17,18)(H,19,20). The van der Waals surface area contributed by atoms with E-state index in [0.29, 0.717) is 6.07 Å². The molecule has 0 aromatic heterocycles. The minimum absolute atomic E-state index is 0.501. The summed E-state index contributed by atoms with van der Waals surface area (Å²) in [4.78, 5) is 22.3. The second kappa shape index (κ2) is 6.53. The number of ether oxygens (including phenoxy) is 1. The Kier molecular flexibility index (Phi) is 5.25. The molecule has 0 bridgehead atoms. The number of hydrogen-bond donors (Lipinski definition) is 2. The summed E-state index contributed by atoms with van der Waals surface area (Å²) in [7, 11) is 1.08. The molecule has 9 heteroatoms. The molecule has 0 spiro atoms. The first-order chi connectivity index (χ1) is 9.68. The van der Waals surface area contributed by atoms with Crippen LogP contribution in [0.3, 0.4) is 0 Å². The molecule has 1 amide bonds. The highest BCUT2D eigenvalue weighted by molar-refractivity contribution is 5.95. The van der Waals surface area contributed by atoms with Crippen molar-refractivity contribution in [1.29, 1.82) is 0 Å². The van der Waals surface area contributed by atoms with Crippen molar-refractivity contribution in [3.63, 3.8) is 0 Å². The second-order valence-electron chi connectivity index (χ2n) is 3.94. The van der Waals surface area contributed by atoms with E-state index in [0.717, 1.165) is 19.2 Å². The summed E-state index contributed by atoms with van der Waals surface area (Å²) >= 11 is 0. The first kappa shape index (κ1) is 16.9. The average molecular weight is 309 g/mol. The first-order valence-corrected chi connectivity index (χ1v) is 5.58. The molecule has 1 rings (SSSR count). The number of hydrogen-bond acceptors (Lipinski definition) is 3. The van der Waals surface area contributed by atoms with Crippen LogP contribution in [0.2, 0.25) is 0 Å². The van der Waals surface area contributed by atoms with Gasteiger partial charge in [-0.05, 0) is 12.1 Å². The number of carboxylic acids is 1. The third kappa shape index (κ3) is 4.15. The molecule has 0 aliphatic heterocycles. The molecule has 1 aromatic carbocycles. The first-order valence-electron chi connectivity index (χ1n) is 5.58. The second-order valence-corrected chi connectivity index (χ2v) is 3.94. The smallest absolute Gasteiger partial charge is 0.419 e. The van der Waals surface area contributed by atoms with Crippen LogP contribution in [0.15, 0.2) is 18.2 Å². The summed E-state index contributed by atoms with van der Waals surface area (Å²) in [6, 6.07) is 2.25. The zero-order valence-electron chi connectivity index (χ0n) is 10.7. The molecule has 1 unspecified atom stereocenters. The molecule has 0 aliphatic carbocycles. The summed E-state index contributed by atoms with van der Waals surface area (Å²) < 4.78 is 55.7. The minimum atomic E-state index is -4.93. The number of nitrogens with one attached hydrogen (secondary N) is 1. The maximum Gasteiger partial charge on any atom is 0.419 e. The Bertz CT molecular complexity index is 545. The normalized spacial score (nSPS) is 12.8. The van der Waals surface area contributed by atoms with Crippen LogP contribution in [0, 0.1) is 5.82 Å². The Morgan fingerprint density at radius 2 is 2.00 bits per heavy atom. The molecule has 0 heterocycles. The van der Waals surface area contributed by atoms with E-state index in [-0.39, 0.29) is 0 Å². The predicted octanol–water partition coefficient (Wildman–Crippen LogP) is 1.67. The van der Waals surface area contributed by atoms with E-state index in [4.69, 9.17) is 5.11 Å². The van der Waals surface area contributed by atoms with Crippen LogP contribution < -0.4 is 5.32 Å². The van der Waals surface area contributed by atoms with Crippen molar-refractivity contribution in [2.45, 2.75) is 12.3 Å². The van der Waals surface area contributed by atoms with Crippen LogP contribution in [0.25, 0.3) is 0 Å². The molecule has 21 heavy (non-hydrogen) atoms. The van der Waals surface area contributed by atoms with Gasteiger partial charge in [0, 0.05) is 7.11 Å². The zero-order valence-corrected chi connectivity index (χ0v) is 10.7. The molecule has 1 atom stereocenters. The van der Waals surface area contributed by atoms with Gasteiger partial charge in [-0.2, -0.15) is 13.2 Å². The average Bonchev–Trinajstić information content (AvgIpc) is 2.37. The number of aliphatic carboxylic acids is 1. The third-order valence-corrected chi connectivity index (χ3v) is 2.56. The summed E-state index contributed by atoms with van der Waals surface area (Å²) in [5.74, 6) is -4.25. The molecular weight excluding hydrogens is 298 g/mol. The lowest BCUT2D eigenvalue weighted by Crippen LogP contribution is -2.38. The van der Waals surface area contributed by atoms with Crippen molar-refractivity contribution in [3.8, 4) is 0 Å². The Balaban J connectivity index is 2.92. The number of amides is 1. The van der Waals surface area contributed by atoms with Crippen molar-refractivity contribution in [1.82, 2.24) is 5.32 Å². The molecule has 0 saturated heterocycles. The van der Waals surface area contributed by atoms with Crippen LogP contribution in [0.4, 0.5) is 17.6 Å². The lowest BCUT2D eigenvalue weighted by atomic mass is 10.1. The summed E-state index contributed by atoms with van der Waals surface area (Å²) in [5.41, 5.74) is -2.40. The van der Waals surface area contributed by atoms with Gasteiger partial charge in [0.2, 0.25) is 0 Å². The number of alkyl halides is 3. The van der Waals surface area contributed by atoms with Crippen molar-refractivity contribution in [3.05, 3.63) is 35.1 Å². The van der Waals surface area contributed by atoms with Gasteiger partial charge in [0.05, 0.1) is 17.7 Å². The van der Waals surface area contributed by atoms with E-state index < -0.39 is 47.6 Å². The number of rotatable bonds is 5. The van der Waals surface area contributed by atoms with Gasteiger partial charge >= 0.3 is 12.1 Å². The SMILES string of the molecule is COC(CNC(=O)c1cccc(C(F)(F)F)c1F)C(=O)O. The van der Waals surface area contributed by atoms with Gasteiger partial charge < -0.3 is 15.2 Å². The number of methoxy groups -OCH3 is 1. The highest BCUT2D eigenvalue weighted by Crippen LogP contribution is 2.32. The van der Waals surface area contributed by atoms with E-state index in [1.807, 2.05) is 5.32 Å². The van der Waals surface area contributed by atoms with Gasteiger partial charge in [0.1, 0.15) is 5.82 Å². The zero-order chi connectivity index (χ0) is 16.2. The number of benzene rings is 1. The molecule has 2 N–H and O–H groups in total. The topological polar surface area (TPSA) is 75.6 Å². The Labute approximate surface area is 116 Å². The predicted molar refractivity (Wildman–Crippen MR) is 62.2 cm³/mol. The van der Waals surface area contributed by atoms with Crippen LogP contribution in [-0.4, -0.2) is 36.7 Å². The van der Waals surface area contributed by atoms with Crippen LogP contribution in [0.1, 0.15) is 15.9 Å². The molecule has 0 aliphatic rings. The lowest BCUT2D eigenvalue weighted by Gasteiger charge is -2.13. The molecule has 116 valence electrons. The Hall–Kier alpha value is -2.16. The maximum absolute atomic E-state index is 13.7. The monoisotopic (exact) mass is 309 g/mol. The molecule has 0 saturated carbocycles. The van der Waals surface area contributed by atoms with E-state index in [1.54, 1.807) is 0 Å². The number of halogens is 4. The van der Waals surface area contributed by atoms with Gasteiger partial charge in [-0.25, -0.2) is 9.18 Å². The molecule has 0 radical (unpaired) electrons. The third-order valence-electron chi connectivity index (χ3n) is 2.56. The number of carboxylic acid groups (broad SMARTS) is 1. The van der Waals surface area contributed by atoms with Crippen LogP contribution in [0.5, 0.6) is 0 Å². The highest BCUT2D eigenvalue weighted by atomic mass is 19.4. The van der Waals surface area contributed by atoms with Crippen LogP contribution in [-0.2, 0) is 15.7 Å². The molecule has 5 nitrogen and oxygen atoms in total. The Morgan fingerprint density at radius 3 is 2.48 bits per heavy atom. The van der Waals surface area contributed by atoms with Crippen molar-refractivity contribution in [2.75, 3.05) is 13.7 Å². The van der Waals surface area contributed by atoms with Gasteiger partial charge in [0.25, 0.3) is 5.91 Å². The molecule has 1 aromatic rings. The number of carbonyl (C=O) groups excluding carboxylic acids is 1. The largest absolute Gasteiger partial charge is 0.479 e. The van der Waals surface area contributed by atoms with Crippen molar-refractivity contribution < 1.29 is 37.0 Å². The van der Waals surface area contributed by atoms with E-state index in [1.165, 1.54) is 0 Å². The van der Waals surface area contributed by atoms with Crippen LogP contribution >= 0.6 is 0 Å². The Morgan fingerprint density at radius 1 is 1.38 bits per heavy atom. The fourth-order valence-electron chi connectivity index (χ4n) is 1.48. The minimum Gasteiger partial charge on any atom is -0.479 e. The van der Waals surface area contributed by atoms with Gasteiger partial charge in [-0.15, -0.1) is 0 Å². The fourth-order valence-corrected chi connectivity index (χ4v) is 1.48. The van der Waals surface area contributed by atoms with Gasteiger partial charge in [0.15, 0.2) is 6.10 Å². The van der Waals surface area contributed by atoms with Gasteiger partial charge in [-0.1, -0.05) is 6.07 Å². The molecular formula is C12H11F4NO4. The maximum atomic E-state index is 13.7. The van der Waals surface area contributed by atoms with E-state index >= 15 is 0 Å². The highest BCUT2D eigenvalue weighted by Gasteiger charge is 2.35. The van der Waals surface area contributed by atoms with Gasteiger partial charge in [-0.3, -0.25) is 4.79 Å². The van der Waals surface area contributed by atoms with Crippen molar-refractivity contribution >= 4 is 11.9 Å². The number of carbonyl (C=O) groups is 2. The summed E-state index contributed by atoms with van der Waals surface area (Å²) in [5, 5.41) is 10.7. The fraction of sp³-hybridized carbons (Fsp3) is 0.333. The van der Waals surface area contributed by atoms with Crippen molar-refractivity contribution in [2.24, 2.45) is 0 Å². The summed E-state index contributed by atoms with van der Waals surface area (Å²) in [6.07, 6.45) is -6.32. The summed E-state index contributed by atoms with van der Waals surface area (Å²) in [6.45, 7) is -0.514. The molecule has 0 fully saturated rings.